The van der Waals surface area contributed by atoms with Crippen molar-refractivity contribution in [2.24, 2.45) is 5.92 Å². The minimum absolute atomic E-state index is 0.113. The molecular formula is C14H16FN3O3. The summed E-state index contributed by atoms with van der Waals surface area (Å²) in [5, 5.41) is 8.11. The van der Waals surface area contributed by atoms with Crippen molar-refractivity contribution in [2.75, 3.05) is 13.1 Å². The molecule has 2 aromatic rings. The first-order valence-corrected chi connectivity index (χ1v) is 6.91. The molecule has 0 atom stereocenters. The lowest BCUT2D eigenvalue weighted by Crippen LogP contribution is -2.35. The molecule has 1 N–H and O–H groups in total. The topological polar surface area (TPSA) is 67.4 Å². The average Bonchev–Trinajstić information content (AvgIpc) is 2.86. The highest BCUT2D eigenvalue weighted by Gasteiger charge is 2.22. The number of hydroxylamine groups is 2. The highest BCUT2D eigenvalue weighted by Crippen LogP contribution is 2.25. The number of piperidine rings is 1. The maximum Gasteiger partial charge on any atom is 0.534 e. The number of halogens is 1. The van der Waals surface area contributed by atoms with Crippen molar-refractivity contribution in [3.63, 3.8) is 0 Å². The third kappa shape index (κ3) is 2.97. The van der Waals surface area contributed by atoms with E-state index in [1.54, 1.807) is 17.2 Å². The Labute approximate surface area is 120 Å². The second kappa shape index (κ2) is 5.69. The van der Waals surface area contributed by atoms with Gasteiger partial charge < -0.3 is 9.57 Å². The van der Waals surface area contributed by atoms with E-state index in [9.17, 15) is 9.18 Å². The summed E-state index contributed by atoms with van der Waals surface area (Å²) in [6.45, 7) is 3.51. The summed E-state index contributed by atoms with van der Waals surface area (Å²) >= 11 is 0. The Hall–Kier alpha value is -2.15. The molecule has 0 radical (unpaired) electrons. The molecule has 0 saturated carbocycles. The van der Waals surface area contributed by atoms with Gasteiger partial charge in [0.1, 0.15) is 5.82 Å². The van der Waals surface area contributed by atoms with Crippen LogP contribution in [0.4, 0.5) is 9.18 Å². The quantitative estimate of drug-likeness (QED) is 0.862. The smallest absolute Gasteiger partial charge is 0.372 e. The van der Waals surface area contributed by atoms with Gasteiger partial charge in [-0.3, -0.25) is 5.10 Å². The van der Waals surface area contributed by atoms with Crippen molar-refractivity contribution in [1.82, 2.24) is 15.3 Å². The summed E-state index contributed by atoms with van der Waals surface area (Å²) in [6, 6.07) is 4.48. The van der Waals surface area contributed by atoms with Crippen molar-refractivity contribution >= 4 is 17.1 Å². The monoisotopic (exact) mass is 293 g/mol. The lowest BCUT2D eigenvalue weighted by molar-refractivity contribution is -0.131. The predicted molar refractivity (Wildman–Crippen MR) is 73.1 cm³/mol. The number of H-pyrrole nitrogens is 1. The largest absolute Gasteiger partial charge is 0.534 e. The standard InChI is InChI=1S/C14H16FN3O3/c1-9-5-7-18(8-6-9)21-14(19)20-13-12-10(15)3-2-4-11(12)16-17-13/h2-4,9H,5-8H2,1H3,(H,16,17). The number of nitrogens with one attached hydrogen (secondary N) is 1. The van der Waals surface area contributed by atoms with Gasteiger partial charge >= 0.3 is 6.16 Å². The predicted octanol–water partition coefficient (Wildman–Crippen LogP) is 2.86. The van der Waals surface area contributed by atoms with Crippen LogP contribution in [0.2, 0.25) is 0 Å². The molecule has 0 amide bonds. The Morgan fingerprint density at radius 3 is 2.95 bits per heavy atom. The van der Waals surface area contributed by atoms with E-state index in [0.717, 1.165) is 12.8 Å². The maximum atomic E-state index is 13.7. The van der Waals surface area contributed by atoms with Crippen LogP contribution in [0.25, 0.3) is 10.9 Å². The van der Waals surface area contributed by atoms with Crippen LogP contribution < -0.4 is 4.74 Å². The fourth-order valence-corrected chi connectivity index (χ4v) is 2.35. The molecule has 6 nitrogen and oxygen atoms in total. The molecule has 0 spiro atoms. The van der Waals surface area contributed by atoms with E-state index in [1.165, 1.54) is 6.07 Å². The number of aromatic amines is 1. The van der Waals surface area contributed by atoms with Gasteiger partial charge in [-0.05, 0) is 30.9 Å². The van der Waals surface area contributed by atoms with Crippen LogP contribution in [0.3, 0.4) is 0 Å². The Balaban J connectivity index is 1.66. The highest BCUT2D eigenvalue weighted by molar-refractivity contribution is 5.86. The molecule has 1 saturated heterocycles. The number of ether oxygens (including phenoxy) is 1. The number of rotatable bonds is 2. The number of carbonyl (C=O) groups excluding carboxylic acids is 1. The molecule has 2 heterocycles. The van der Waals surface area contributed by atoms with E-state index in [1.807, 2.05) is 0 Å². The zero-order chi connectivity index (χ0) is 14.8. The molecule has 1 aromatic carbocycles. The number of fused-ring (bicyclic) bond motifs is 1. The van der Waals surface area contributed by atoms with E-state index in [4.69, 9.17) is 9.57 Å². The third-order valence-corrected chi connectivity index (χ3v) is 3.63. The summed E-state index contributed by atoms with van der Waals surface area (Å²) in [6.07, 6.45) is 1.03. The van der Waals surface area contributed by atoms with Crippen LogP contribution in [-0.2, 0) is 4.84 Å². The average molecular weight is 293 g/mol. The SMILES string of the molecule is CC1CCN(OC(=O)Oc2n[nH]c3cccc(F)c23)CC1. The van der Waals surface area contributed by atoms with Gasteiger partial charge in [-0.1, -0.05) is 13.0 Å². The summed E-state index contributed by atoms with van der Waals surface area (Å²) in [5.74, 6) is 0.0135. The van der Waals surface area contributed by atoms with Crippen LogP contribution in [0.15, 0.2) is 18.2 Å². The van der Waals surface area contributed by atoms with E-state index in [2.05, 4.69) is 17.1 Å². The van der Waals surface area contributed by atoms with E-state index in [0.29, 0.717) is 24.5 Å². The third-order valence-electron chi connectivity index (χ3n) is 3.63. The Morgan fingerprint density at radius 1 is 1.43 bits per heavy atom. The fraction of sp³-hybridized carbons (Fsp3) is 0.429. The lowest BCUT2D eigenvalue weighted by Gasteiger charge is -2.27. The molecule has 3 rings (SSSR count). The van der Waals surface area contributed by atoms with Gasteiger partial charge in [-0.15, -0.1) is 10.2 Å². The van der Waals surface area contributed by atoms with E-state index < -0.39 is 12.0 Å². The molecule has 0 aliphatic carbocycles. The molecule has 0 unspecified atom stereocenters. The van der Waals surface area contributed by atoms with Crippen molar-refractivity contribution in [1.29, 1.82) is 0 Å². The molecule has 1 aromatic heterocycles. The zero-order valence-corrected chi connectivity index (χ0v) is 11.6. The zero-order valence-electron chi connectivity index (χ0n) is 11.6. The minimum Gasteiger partial charge on any atom is -0.372 e. The molecule has 1 aliphatic heterocycles. The first-order chi connectivity index (χ1) is 10.1. The minimum atomic E-state index is -0.902. The second-order valence-corrected chi connectivity index (χ2v) is 5.25. The van der Waals surface area contributed by atoms with Gasteiger partial charge in [-0.2, -0.15) is 0 Å². The summed E-state index contributed by atoms with van der Waals surface area (Å²) < 4.78 is 18.7. The van der Waals surface area contributed by atoms with Gasteiger partial charge in [-0.25, -0.2) is 9.18 Å². The first-order valence-electron chi connectivity index (χ1n) is 6.91. The Morgan fingerprint density at radius 2 is 2.19 bits per heavy atom. The van der Waals surface area contributed by atoms with Crippen LogP contribution in [0.5, 0.6) is 5.88 Å². The normalized spacial score (nSPS) is 17.0. The molecule has 112 valence electrons. The number of carbonyl (C=O) groups is 1. The van der Waals surface area contributed by atoms with Crippen LogP contribution in [0, 0.1) is 11.7 Å². The maximum absolute atomic E-state index is 13.7. The van der Waals surface area contributed by atoms with Crippen molar-refractivity contribution in [3.05, 3.63) is 24.0 Å². The number of nitrogens with zero attached hydrogens (tertiary/aromatic N) is 2. The highest BCUT2D eigenvalue weighted by atomic mass is 19.1. The second-order valence-electron chi connectivity index (χ2n) is 5.25. The van der Waals surface area contributed by atoms with Gasteiger partial charge in [0.2, 0.25) is 0 Å². The Kier molecular flexibility index (Phi) is 3.74. The van der Waals surface area contributed by atoms with Crippen molar-refractivity contribution in [2.45, 2.75) is 19.8 Å². The van der Waals surface area contributed by atoms with Gasteiger partial charge in [0, 0.05) is 13.1 Å². The summed E-state index contributed by atoms with van der Waals surface area (Å²) in [5.41, 5.74) is 0.463. The number of hydrogen-bond acceptors (Lipinski definition) is 5. The Bertz CT molecular complexity index is 650. The lowest BCUT2D eigenvalue weighted by atomic mass is 10.0. The van der Waals surface area contributed by atoms with Crippen LogP contribution in [0.1, 0.15) is 19.8 Å². The van der Waals surface area contributed by atoms with Gasteiger partial charge in [0.25, 0.3) is 5.88 Å². The molecular weight excluding hydrogens is 277 g/mol. The number of aromatic nitrogens is 2. The first kappa shape index (κ1) is 13.8. The molecule has 0 bridgehead atoms. The van der Waals surface area contributed by atoms with Gasteiger partial charge in [0.15, 0.2) is 0 Å². The number of hydrogen-bond donors (Lipinski definition) is 1. The van der Waals surface area contributed by atoms with E-state index in [-0.39, 0.29) is 11.3 Å². The molecule has 7 heteroatoms. The molecule has 1 fully saturated rings. The van der Waals surface area contributed by atoms with Crippen LogP contribution >= 0.6 is 0 Å². The molecule has 1 aliphatic rings. The number of benzene rings is 1. The van der Waals surface area contributed by atoms with Gasteiger partial charge in [0.05, 0.1) is 10.9 Å². The summed E-state index contributed by atoms with van der Waals surface area (Å²) in [4.78, 5) is 16.9. The molecule has 21 heavy (non-hydrogen) atoms. The van der Waals surface area contributed by atoms with Crippen LogP contribution in [-0.4, -0.2) is 34.5 Å². The van der Waals surface area contributed by atoms with Crippen molar-refractivity contribution < 1.29 is 18.8 Å². The van der Waals surface area contributed by atoms with E-state index >= 15 is 0 Å². The fourth-order valence-electron chi connectivity index (χ4n) is 2.35. The summed E-state index contributed by atoms with van der Waals surface area (Å²) in [7, 11) is 0. The van der Waals surface area contributed by atoms with Crippen molar-refractivity contribution in [3.8, 4) is 5.88 Å².